The van der Waals surface area contributed by atoms with Crippen molar-refractivity contribution in [1.82, 2.24) is 0 Å². The lowest BCUT2D eigenvalue weighted by Crippen LogP contribution is -2.17. The Morgan fingerprint density at radius 1 is 1.12 bits per heavy atom. The Morgan fingerprint density at radius 3 is 2.47 bits per heavy atom. The number of halogens is 1. The van der Waals surface area contributed by atoms with Crippen molar-refractivity contribution in [2.45, 2.75) is 6.54 Å². The minimum atomic E-state index is -0.257. The summed E-state index contributed by atoms with van der Waals surface area (Å²) in [5.74, 6) is -0.257. The third-order valence-electron chi connectivity index (χ3n) is 2.68. The van der Waals surface area contributed by atoms with Crippen molar-refractivity contribution in [3.8, 4) is 0 Å². The average molecular weight is 230 g/mol. The Kier molecular flexibility index (Phi) is 3.28. The first kappa shape index (κ1) is 11.5. The average Bonchev–Trinajstić information content (AvgIpc) is 2.34. The van der Waals surface area contributed by atoms with E-state index in [4.69, 9.17) is 5.73 Å². The highest BCUT2D eigenvalue weighted by Crippen LogP contribution is 2.18. The zero-order valence-electron chi connectivity index (χ0n) is 9.73. The van der Waals surface area contributed by atoms with Crippen molar-refractivity contribution < 1.29 is 4.39 Å². The van der Waals surface area contributed by atoms with Crippen LogP contribution in [0.3, 0.4) is 0 Å². The number of nitrogens with two attached hydrogens (primary N) is 1. The van der Waals surface area contributed by atoms with E-state index >= 15 is 0 Å². The van der Waals surface area contributed by atoms with Gasteiger partial charge >= 0.3 is 0 Å². The van der Waals surface area contributed by atoms with Crippen molar-refractivity contribution in [3.63, 3.8) is 0 Å². The first-order valence-electron chi connectivity index (χ1n) is 5.47. The van der Waals surface area contributed by atoms with E-state index < -0.39 is 0 Å². The predicted octanol–water partition coefficient (Wildman–Crippen LogP) is 3.04. The molecule has 0 amide bonds. The lowest BCUT2D eigenvalue weighted by atomic mass is 10.1. The summed E-state index contributed by atoms with van der Waals surface area (Å²) in [6.07, 6.45) is 0. The zero-order valence-corrected chi connectivity index (χ0v) is 9.73. The van der Waals surface area contributed by atoms with E-state index in [1.54, 1.807) is 12.1 Å². The number of hydrogen-bond acceptors (Lipinski definition) is 2. The molecule has 0 unspecified atom stereocenters. The van der Waals surface area contributed by atoms with Gasteiger partial charge in [-0.05, 0) is 24.3 Å². The van der Waals surface area contributed by atoms with Crippen LogP contribution in [0.25, 0.3) is 0 Å². The molecule has 0 aliphatic carbocycles. The molecule has 2 N–H and O–H groups in total. The molecule has 0 atom stereocenters. The first-order valence-corrected chi connectivity index (χ1v) is 5.47. The molecule has 2 aromatic carbocycles. The fourth-order valence-corrected chi connectivity index (χ4v) is 1.72. The fourth-order valence-electron chi connectivity index (χ4n) is 1.72. The first-order chi connectivity index (χ1) is 8.16. The van der Waals surface area contributed by atoms with Gasteiger partial charge in [0.25, 0.3) is 0 Å². The van der Waals surface area contributed by atoms with Crippen LogP contribution in [0.4, 0.5) is 15.8 Å². The predicted molar refractivity (Wildman–Crippen MR) is 69.4 cm³/mol. The molecule has 0 radical (unpaired) electrons. The summed E-state index contributed by atoms with van der Waals surface area (Å²) in [6.45, 7) is 0.524. The molecule has 0 aromatic heterocycles. The normalized spacial score (nSPS) is 10.2. The molecular weight excluding hydrogens is 215 g/mol. The van der Waals surface area contributed by atoms with Crippen LogP contribution < -0.4 is 10.6 Å². The van der Waals surface area contributed by atoms with Gasteiger partial charge in [-0.1, -0.05) is 24.3 Å². The van der Waals surface area contributed by atoms with Crippen LogP contribution in [-0.4, -0.2) is 7.05 Å². The van der Waals surface area contributed by atoms with Crippen molar-refractivity contribution in [1.29, 1.82) is 0 Å². The number of rotatable bonds is 3. The van der Waals surface area contributed by atoms with Crippen molar-refractivity contribution in [3.05, 3.63) is 59.9 Å². The molecule has 0 aliphatic rings. The Labute approximate surface area is 100 Å². The number of nitrogens with zero attached hydrogens (tertiary/aromatic N) is 1. The molecule has 0 heterocycles. The highest BCUT2D eigenvalue weighted by atomic mass is 19.1. The summed E-state index contributed by atoms with van der Waals surface area (Å²) < 4.78 is 13.6. The molecule has 3 heteroatoms. The van der Waals surface area contributed by atoms with Gasteiger partial charge in [0.15, 0.2) is 0 Å². The van der Waals surface area contributed by atoms with Crippen LogP contribution in [0.15, 0.2) is 48.5 Å². The van der Waals surface area contributed by atoms with Gasteiger partial charge in [0.05, 0.1) is 0 Å². The third kappa shape index (κ3) is 2.75. The summed E-state index contributed by atoms with van der Waals surface area (Å²) >= 11 is 0. The lowest BCUT2D eigenvalue weighted by molar-refractivity contribution is 0.608. The molecule has 2 nitrogen and oxygen atoms in total. The van der Waals surface area contributed by atoms with E-state index in [0.717, 1.165) is 5.69 Å². The highest BCUT2D eigenvalue weighted by Gasteiger charge is 2.06. The van der Waals surface area contributed by atoms with E-state index in [1.165, 1.54) is 6.07 Å². The van der Waals surface area contributed by atoms with Gasteiger partial charge in [0, 0.05) is 30.5 Å². The van der Waals surface area contributed by atoms with E-state index in [-0.39, 0.29) is 5.82 Å². The second kappa shape index (κ2) is 4.87. The number of para-hydroxylation sites is 1. The minimum Gasteiger partial charge on any atom is -0.399 e. The molecule has 0 fully saturated rings. The molecule has 0 spiro atoms. The SMILES string of the molecule is CN(Cc1ccc(N)cc1F)c1ccccc1. The molecule has 2 rings (SSSR count). The van der Waals surface area contributed by atoms with Gasteiger partial charge in [0.1, 0.15) is 5.82 Å². The third-order valence-corrected chi connectivity index (χ3v) is 2.68. The Morgan fingerprint density at radius 2 is 1.82 bits per heavy atom. The van der Waals surface area contributed by atoms with E-state index in [1.807, 2.05) is 42.3 Å². The van der Waals surface area contributed by atoms with Gasteiger partial charge in [-0.15, -0.1) is 0 Å². The number of anilines is 2. The van der Waals surface area contributed by atoms with Gasteiger partial charge in [0.2, 0.25) is 0 Å². The smallest absolute Gasteiger partial charge is 0.130 e. The summed E-state index contributed by atoms with van der Waals surface area (Å²) in [6, 6.07) is 14.7. The molecule has 0 bridgehead atoms. The van der Waals surface area contributed by atoms with Crippen molar-refractivity contribution in [2.24, 2.45) is 0 Å². The maximum Gasteiger partial charge on any atom is 0.130 e. The van der Waals surface area contributed by atoms with Gasteiger partial charge < -0.3 is 10.6 Å². The molecule has 88 valence electrons. The lowest BCUT2D eigenvalue weighted by Gasteiger charge is -2.19. The van der Waals surface area contributed by atoms with E-state index in [9.17, 15) is 4.39 Å². The zero-order chi connectivity index (χ0) is 12.3. The van der Waals surface area contributed by atoms with Gasteiger partial charge in [-0.3, -0.25) is 0 Å². The molecule has 0 aliphatic heterocycles. The second-order valence-corrected chi connectivity index (χ2v) is 4.04. The Balaban J connectivity index is 2.16. The maximum absolute atomic E-state index is 13.6. The fraction of sp³-hybridized carbons (Fsp3) is 0.143. The summed E-state index contributed by atoms with van der Waals surface area (Å²) in [4.78, 5) is 1.99. The Hall–Kier alpha value is -2.03. The largest absolute Gasteiger partial charge is 0.399 e. The molecule has 17 heavy (non-hydrogen) atoms. The summed E-state index contributed by atoms with van der Waals surface area (Å²) in [5, 5.41) is 0. The van der Waals surface area contributed by atoms with E-state index in [0.29, 0.717) is 17.8 Å². The van der Waals surface area contributed by atoms with Crippen molar-refractivity contribution in [2.75, 3.05) is 17.7 Å². The number of benzene rings is 2. The second-order valence-electron chi connectivity index (χ2n) is 4.04. The standard InChI is InChI=1S/C14H15FN2/c1-17(13-5-3-2-4-6-13)10-11-7-8-12(16)9-14(11)15/h2-9H,10,16H2,1H3. The summed E-state index contributed by atoms with van der Waals surface area (Å²) in [7, 11) is 1.94. The van der Waals surface area contributed by atoms with Crippen LogP contribution >= 0.6 is 0 Å². The topological polar surface area (TPSA) is 29.3 Å². The molecule has 0 saturated heterocycles. The molecule has 2 aromatic rings. The van der Waals surface area contributed by atoms with Crippen molar-refractivity contribution >= 4 is 11.4 Å². The quantitative estimate of drug-likeness (QED) is 0.821. The van der Waals surface area contributed by atoms with Crippen LogP contribution in [-0.2, 0) is 6.54 Å². The molecule has 0 saturated carbocycles. The van der Waals surface area contributed by atoms with Crippen LogP contribution in [0.2, 0.25) is 0 Å². The monoisotopic (exact) mass is 230 g/mol. The van der Waals surface area contributed by atoms with Crippen LogP contribution in [0.1, 0.15) is 5.56 Å². The number of hydrogen-bond donors (Lipinski definition) is 1. The number of nitrogen functional groups attached to an aromatic ring is 1. The molecular formula is C14H15FN2. The van der Waals surface area contributed by atoms with Gasteiger partial charge in [-0.25, -0.2) is 4.39 Å². The minimum absolute atomic E-state index is 0.257. The van der Waals surface area contributed by atoms with Crippen LogP contribution in [0, 0.1) is 5.82 Å². The van der Waals surface area contributed by atoms with Gasteiger partial charge in [-0.2, -0.15) is 0 Å². The maximum atomic E-state index is 13.6. The van der Waals surface area contributed by atoms with Crippen LogP contribution in [0.5, 0.6) is 0 Å². The van der Waals surface area contributed by atoms with E-state index in [2.05, 4.69) is 0 Å². The summed E-state index contributed by atoms with van der Waals surface area (Å²) in [5.41, 5.74) is 7.67. The Bertz CT molecular complexity index is 497. The highest BCUT2D eigenvalue weighted by molar-refractivity contribution is 5.47.